The predicted molar refractivity (Wildman–Crippen MR) is 158 cm³/mol. The number of ether oxygens (including phenoxy) is 1. The van der Waals surface area contributed by atoms with Gasteiger partial charge in [0, 0.05) is 23.5 Å². The minimum Gasteiger partial charge on any atom is -0.467 e. The van der Waals surface area contributed by atoms with Crippen LogP contribution < -0.4 is 10.6 Å². The van der Waals surface area contributed by atoms with Gasteiger partial charge in [-0.1, -0.05) is 109 Å². The molecule has 1 unspecified atom stereocenters. The summed E-state index contributed by atoms with van der Waals surface area (Å²) in [4.78, 5) is 29.8. The van der Waals surface area contributed by atoms with Crippen molar-refractivity contribution in [3.63, 3.8) is 0 Å². The van der Waals surface area contributed by atoms with E-state index in [9.17, 15) is 9.59 Å². The first kappa shape index (κ1) is 26.9. The van der Waals surface area contributed by atoms with Crippen LogP contribution >= 0.6 is 0 Å². The number of hydrogen-bond acceptors (Lipinski definition) is 4. The lowest BCUT2D eigenvalue weighted by Crippen LogP contribution is -2.56. The van der Waals surface area contributed by atoms with Gasteiger partial charge in [0.1, 0.15) is 6.04 Å². The smallest absolute Gasteiger partial charge is 0.328 e. The zero-order valence-electron chi connectivity index (χ0n) is 22.6. The number of para-hydroxylation sites is 1. The normalized spacial score (nSPS) is 12.9. The second-order valence-corrected chi connectivity index (χ2v) is 9.86. The van der Waals surface area contributed by atoms with Crippen LogP contribution in [0.1, 0.15) is 29.2 Å². The van der Waals surface area contributed by atoms with Gasteiger partial charge in [-0.15, -0.1) is 0 Å². The summed E-state index contributed by atoms with van der Waals surface area (Å²) in [5, 5.41) is 7.62. The van der Waals surface area contributed by atoms with Gasteiger partial charge in [0.25, 0.3) is 0 Å². The van der Waals surface area contributed by atoms with E-state index in [4.69, 9.17) is 4.74 Å². The van der Waals surface area contributed by atoms with Crippen molar-refractivity contribution in [3.8, 4) is 0 Å². The van der Waals surface area contributed by atoms with Gasteiger partial charge in [0.2, 0.25) is 5.91 Å². The highest BCUT2D eigenvalue weighted by molar-refractivity contribution is 5.89. The number of methoxy groups -OCH3 is 1. The molecule has 0 fully saturated rings. The maximum Gasteiger partial charge on any atom is 0.328 e. The van der Waals surface area contributed by atoms with Gasteiger partial charge in [-0.25, -0.2) is 4.79 Å². The number of H-pyrrole nitrogens is 1. The second kappa shape index (κ2) is 12.0. The van der Waals surface area contributed by atoms with Crippen molar-refractivity contribution in [2.75, 3.05) is 7.11 Å². The van der Waals surface area contributed by atoms with Crippen LogP contribution in [0.25, 0.3) is 10.9 Å². The van der Waals surface area contributed by atoms with Crippen molar-refractivity contribution in [2.45, 2.75) is 31.0 Å². The Balaban J connectivity index is 1.48. The molecule has 5 rings (SSSR count). The first-order valence-electron chi connectivity index (χ1n) is 13.4. The number of aromatic nitrogens is 1. The fourth-order valence-corrected chi connectivity index (χ4v) is 5.36. The van der Waals surface area contributed by atoms with E-state index in [2.05, 4.69) is 52.0 Å². The third-order valence-electron chi connectivity index (χ3n) is 7.35. The summed E-state index contributed by atoms with van der Waals surface area (Å²) in [6.07, 6.45) is 2.18. The zero-order valence-corrected chi connectivity index (χ0v) is 22.6. The van der Waals surface area contributed by atoms with Crippen LogP contribution in [0, 0.1) is 0 Å². The molecule has 4 aromatic carbocycles. The number of amides is 1. The first-order valence-corrected chi connectivity index (χ1v) is 13.4. The molecule has 0 radical (unpaired) electrons. The Kier molecular flexibility index (Phi) is 8.08. The standard InChI is InChI=1S/C34H33N3O3/c1-24(32(38)36-31(33(39)40-2)22-25-23-35-30-21-13-12-20-29(25)30)37-34(26-14-6-3-7-15-26,27-16-8-4-9-17-27)28-18-10-5-11-19-28/h3-21,23-24,31,35,37H,22H2,1-2H3,(H,36,38)/t24?,31-/m0/s1. The molecule has 6 heteroatoms. The minimum atomic E-state index is -0.847. The summed E-state index contributed by atoms with van der Waals surface area (Å²) in [6, 6.07) is 36.6. The molecule has 2 atom stereocenters. The van der Waals surface area contributed by atoms with Gasteiger partial charge < -0.3 is 15.0 Å². The topological polar surface area (TPSA) is 83.2 Å². The molecule has 6 nitrogen and oxygen atoms in total. The van der Waals surface area contributed by atoms with Crippen LogP contribution in [0.2, 0.25) is 0 Å². The second-order valence-electron chi connectivity index (χ2n) is 9.86. The van der Waals surface area contributed by atoms with E-state index in [1.165, 1.54) is 7.11 Å². The predicted octanol–water partition coefficient (Wildman–Crippen LogP) is 5.34. The van der Waals surface area contributed by atoms with E-state index < -0.39 is 23.6 Å². The Morgan fingerprint density at radius 3 is 1.80 bits per heavy atom. The third-order valence-corrected chi connectivity index (χ3v) is 7.35. The van der Waals surface area contributed by atoms with E-state index in [0.29, 0.717) is 6.42 Å². The monoisotopic (exact) mass is 531 g/mol. The summed E-state index contributed by atoms with van der Waals surface area (Å²) in [6.45, 7) is 1.82. The molecular formula is C34H33N3O3. The number of aromatic amines is 1. The van der Waals surface area contributed by atoms with E-state index >= 15 is 0 Å². The minimum absolute atomic E-state index is 0.302. The van der Waals surface area contributed by atoms with Crippen molar-refractivity contribution >= 4 is 22.8 Å². The molecule has 1 aromatic heterocycles. The van der Waals surface area contributed by atoms with E-state index in [0.717, 1.165) is 33.2 Å². The number of carbonyl (C=O) groups excluding carboxylic acids is 2. The number of hydrogen-bond donors (Lipinski definition) is 3. The molecule has 5 aromatic rings. The highest BCUT2D eigenvalue weighted by Crippen LogP contribution is 2.37. The van der Waals surface area contributed by atoms with Gasteiger partial charge in [-0.05, 0) is 35.2 Å². The molecular weight excluding hydrogens is 498 g/mol. The van der Waals surface area contributed by atoms with Crippen molar-refractivity contribution in [2.24, 2.45) is 0 Å². The van der Waals surface area contributed by atoms with Crippen molar-refractivity contribution < 1.29 is 14.3 Å². The summed E-state index contributed by atoms with van der Waals surface area (Å²) in [5.41, 5.74) is 4.07. The van der Waals surface area contributed by atoms with Gasteiger partial charge in [-0.2, -0.15) is 0 Å². The van der Waals surface area contributed by atoms with Crippen LogP contribution in [-0.4, -0.2) is 36.1 Å². The Hall–Kier alpha value is -4.68. The van der Waals surface area contributed by atoms with Gasteiger partial charge in [-0.3, -0.25) is 10.1 Å². The Morgan fingerprint density at radius 2 is 1.27 bits per heavy atom. The Morgan fingerprint density at radius 1 is 0.775 bits per heavy atom. The van der Waals surface area contributed by atoms with Gasteiger partial charge >= 0.3 is 5.97 Å². The number of fused-ring (bicyclic) bond motifs is 1. The maximum absolute atomic E-state index is 13.7. The molecule has 0 aliphatic heterocycles. The van der Waals surface area contributed by atoms with Crippen molar-refractivity contribution in [3.05, 3.63) is 144 Å². The number of benzene rings is 4. The van der Waals surface area contributed by atoms with Crippen LogP contribution in [0.3, 0.4) is 0 Å². The van der Waals surface area contributed by atoms with Crippen molar-refractivity contribution in [1.29, 1.82) is 0 Å². The number of esters is 1. The summed E-state index contributed by atoms with van der Waals surface area (Å²) < 4.78 is 5.08. The summed E-state index contributed by atoms with van der Waals surface area (Å²) in [7, 11) is 1.34. The molecule has 0 bridgehead atoms. The van der Waals surface area contributed by atoms with Crippen molar-refractivity contribution in [1.82, 2.24) is 15.6 Å². The molecule has 0 saturated carbocycles. The molecule has 0 aliphatic rings. The zero-order chi connectivity index (χ0) is 28.0. The molecule has 3 N–H and O–H groups in total. The average Bonchev–Trinajstić information content (AvgIpc) is 3.43. The fourth-order valence-electron chi connectivity index (χ4n) is 5.36. The van der Waals surface area contributed by atoms with Crippen LogP contribution in [-0.2, 0) is 26.3 Å². The fraction of sp³-hybridized carbons (Fsp3) is 0.176. The number of nitrogens with one attached hydrogen (secondary N) is 3. The number of rotatable bonds is 10. The lowest BCUT2D eigenvalue weighted by atomic mass is 9.76. The lowest BCUT2D eigenvalue weighted by molar-refractivity contribution is -0.145. The average molecular weight is 532 g/mol. The molecule has 40 heavy (non-hydrogen) atoms. The first-order chi connectivity index (χ1) is 19.5. The highest BCUT2D eigenvalue weighted by Gasteiger charge is 2.39. The quantitative estimate of drug-likeness (QED) is 0.168. The maximum atomic E-state index is 13.7. The molecule has 0 spiro atoms. The highest BCUT2D eigenvalue weighted by atomic mass is 16.5. The summed E-state index contributed by atoms with van der Waals surface area (Å²) in [5.74, 6) is -0.798. The number of carbonyl (C=O) groups is 2. The lowest BCUT2D eigenvalue weighted by Gasteiger charge is -2.39. The van der Waals surface area contributed by atoms with Crippen LogP contribution in [0.15, 0.2) is 121 Å². The van der Waals surface area contributed by atoms with E-state index in [-0.39, 0.29) is 5.91 Å². The van der Waals surface area contributed by atoms with E-state index in [1.807, 2.05) is 92.0 Å². The molecule has 0 aliphatic carbocycles. The van der Waals surface area contributed by atoms with Gasteiger partial charge in [0.15, 0.2) is 0 Å². The van der Waals surface area contributed by atoms with Crippen LogP contribution in [0.4, 0.5) is 0 Å². The van der Waals surface area contributed by atoms with Crippen LogP contribution in [0.5, 0.6) is 0 Å². The molecule has 0 saturated heterocycles. The van der Waals surface area contributed by atoms with Gasteiger partial charge in [0.05, 0.1) is 18.7 Å². The SMILES string of the molecule is COC(=O)[C@H](Cc1c[nH]c2ccccc12)NC(=O)C(C)NC(c1ccccc1)(c1ccccc1)c1ccccc1. The Bertz CT molecular complexity index is 1470. The third kappa shape index (κ3) is 5.40. The Labute approximate surface area is 234 Å². The largest absolute Gasteiger partial charge is 0.467 e. The molecule has 1 heterocycles. The van der Waals surface area contributed by atoms with E-state index in [1.54, 1.807) is 0 Å². The summed E-state index contributed by atoms with van der Waals surface area (Å²) >= 11 is 0. The molecule has 202 valence electrons. The molecule has 1 amide bonds.